The second kappa shape index (κ2) is 12.9. The minimum Gasteiger partial charge on any atom is -0.493 e. The van der Waals surface area contributed by atoms with Crippen molar-refractivity contribution in [3.63, 3.8) is 0 Å². The lowest BCUT2D eigenvalue weighted by molar-refractivity contribution is -0.166. The zero-order valence-corrected chi connectivity index (χ0v) is 21.9. The van der Waals surface area contributed by atoms with Crippen LogP contribution < -0.4 is 10.1 Å². The lowest BCUT2D eigenvalue weighted by Crippen LogP contribution is -2.63. The van der Waals surface area contributed by atoms with Gasteiger partial charge in [0.2, 0.25) is 5.54 Å². The lowest BCUT2D eigenvalue weighted by atomic mass is 9.90. The maximum atomic E-state index is 13.1. The van der Waals surface area contributed by atoms with Crippen LogP contribution in [0.5, 0.6) is 5.75 Å². The van der Waals surface area contributed by atoms with E-state index in [4.69, 9.17) is 18.9 Å². The van der Waals surface area contributed by atoms with Crippen LogP contribution in [0.25, 0.3) is 0 Å². The first-order chi connectivity index (χ1) is 15.0. The van der Waals surface area contributed by atoms with E-state index < -0.39 is 29.2 Å². The highest BCUT2D eigenvalue weighted by atomic mass is 127. The molecular formula is C23H34INO7. The molecule has 0 atom stereocenters. The molecule has 1 N–H and O–H groups in total. The molecule has 180 valence electrons. The number of esters is 2. The van der Waals surface area contributed by atoms with Crippen LogP contribution in [0.2, 0.25) is 0 Å². The van der Waals surface area contributed by atoms with Gasteiger partial charge < -0.3 is 18.9 Å². The summed E-state index contributed by atoms with van der Waals surface area (Å²) in [6, 6.07) is 5.44. The van der Waals surface area contributed by atoms with Crippen LogP contribution in [-0.4, -0.2) is 49.0 Å². The molecule has 0 saturated heterocycles. The number of hydrogen-bond donors (Lipinski definition) is 1. The Morgan fingerprint density at radius 1 is 1.00 bits per heavy atom. The lowest BCUT2D eigenvalue weighted by Gasteiger charge is -2.31. The Bertz CT molecular complexity index is 771. The van der Waals surface area contributed by atoms with E-state index in [0.717, 1.165) is 16.4 Å². The molecule has 1 aromatic rings. The van der Waals surface area contributed by atoms with Gasteiger partial charge in [0.05, 0.1) is 19.8 Å². The van der Waals surface area contributed by atoms with Crippen LogP contribution in [0.4, 0.5) is 4.79 Å². The quantitative estimate of drug-likeness (QED) is 0.140. The first kappa shape index (κ1) is 28.0. The molecule has 0 unspecified atom stereocenters. The summed E-state index contributed by atoms with van der Waals surface area (Å²) in [5.74, 6) is -1.34. The number of carbonyl (C=O) groups excluding carboxylic acids is 3. The van der Waals surface area contributed by atoms with Gasteiger partial charge in [-0.25, -0.2) is 14.4 Å². The van der Waals surface area contributed by atoms with Crippen LogP contribution in [0.15, 0.2) is 18.2 Å². The molecule has 0 radical (unpaired) electrons. The molecule has 0 heterocycles. The van der Waals surface area contributed by atoms with Crippen LogP contribution >= 0.6 is 22.6 Å². The third-order valence-corrected chi connectivity index (χ3v) is 4.87. The molecule has 1 aromatic carbocycles. The van der Waals surface area contributed by atoms with Crippen LogP contribution in [0.3, 0.4) is 0 Å². The number of hydrogen-bond acceptors (Lipinski definition) is 7. The molecule has 0 saturated carbocycles. The number of carbonyl (C=O) groups is 3. The minimum atomic E-state index is -2.14. The highest BCUT2D eigenvalue weighted by molar-refractivity contribution is 14.1. The predicted octanol–water partition coefficient (Wildman–Crippen LogP) is 4.40. The van der Waals surface area contributed by atoms with Crippen LogP contribution in [-0.2, 0) is 30.2 Å². The number of alkyl carbamates (subject to hydrolysis) is 1. The zero-order chi connectivity index (χ0) is 24.4. The van der Waals surface area contributed by atoms with E-state index in [1.54, 1.807) is 46.8 Å². The summed E-state index contributed by atoms with van der Waals surface area (Å²) in [6.45, 7) is 10.8. The van der Waals surface area contributed by atoms with E-state index in [2.05, 4.69) is 34.8 Å². The summed E-state index contributed by atoms with van der Waals surface area (Å²) in [7, 11) is 0. The highest BCUT2D eigenvalue weighted by Gasteiger charge is 2.52. The molecule has 0 aromatic heterocycles. The number of amides is 1. The molecule has 0 aliphatic carbocycles. The van der Waals surface area contributed by atoms with Gasteiger partial charge in [-0.05, 0) is 87.4 Å². The zero-order valence-electron chi connectivity index (χ0n) is 19.7. The van der Waals surface area contributed by atoms with Crippen molar-refractivity contribution in [2.24, 2.45) is 0 Å². The van der Waals surface area contributed by atoms with E-state index in [1.165, 1.54) is 0 Å². The SMILES string of the molecule is CCCCOc1ccc(I)cc1CC(NC(=O)OC(C)(C)C)(C(=O)OCC)C(=O)OCC. The van der Waals surface area contributed by atoms with E-state index >= 15 is 0 Å². The number of rotatable bonds is 11. The number of nitrogens with one attached hydrogen (secondary N) is 1. The molecular weight excluding hydrogens is 529 g/mol. The van der Waals surface area contributed by atoms with E-state index in [1.807, 2.05) is 6.07 Å². The average Bonchev–Trinajstić information content (AvgIpc) is 2.68. The fraction of sp³-hybridized carbons (Fsp3) is 0.609. The molecule has 32 heavy (non-hydrogen) atoms. The van der Waals surface area contributed by atoms with Crippen molar-refractivity contribution in [2.45, 2.75) is 71.9 Å². The molecule has 9 heteroatoms. The Balaban J connectivity index is 3.50. The van der Waals surface area contributed by atoms with Gasteiger partial charge in [-0.3, -0.25) is 5.32 Å². The summed E-state index contributed by atoms with van der Waals surface area (Å²) in [5.41, 5.74) is -2.41. The van der Waals surface area contributed by atoms with Crippen molar-refractivity contribution in [2.75, 3.05) is 19.8 Å². The molecule has 0 aliphatic heterocycles. The van der Waals surface area contributed by atoms with E-state index in [9.17, 15) is 14.4 Å². The Labute approximate surface area is 203 Å². The largest absolute Gasteiger partial charge is 0.493 e. The summed E-state index contributed by atoms with van der Waals surface area (Å²) in [6.07, 6.45) is 0.651. The fourth-order valence-electron chi connectivity index (χ4n) is 2.80. The van der Waals surface area contributed by atoms with E-state index in [0.29, 0.717) is 17.9 Å². The van der Waals surface area contributed by atoms with Crippen molar-refractivity contribution in [3.8, 4) is 5.75 Å². The van der Waals surface area contributed by atoms with Gasteiger partial charge in [-0.15, -0.1) is 0 Å². The van der Waals surface area contributed by atoms with Crippen molar-refractivity contribution in [1.82, 2.24) is 5.32 Å². The molecule has 0 aliphatic rings. The second-order valence-corrected chi connectivity index (χ2v) is 9.35. The Kier molecular flexibility index (Phi) is 11.2. The van der Waals surface area contributed by atoms with Crippen LogP contribution in [0, 0.1) is 3.57 Å². The number of unbranched alkanes of at least 4 members (excludes halogenated alkanes) is 1. The fourth-order valence-corrected chi connectivity index (χ4v) is 3.36. The monoisotopic (exact) mass is 563 g/mol. The highest BCUT2D eigenvalue weighted by Crippen LogP contribution is 2.28. The normalized spacial score (nSPS) is 11.5. The van der Waals surface area contributed by atoms with Crippen molar-refractivity contribution in [3.05, 3.63) is 27.3 Å². The molecule has 0 bridgehead atoms. The van der Waals surface area contributed by atoms with Gasteiger partial charge in [0.1, 0.15) is 11.4 Å². The first-order valence-corrected chi connectivity index (χ1v) is 11.8. The number of halogens is 1. The molecule has 0 fully saturated rings. The predicted molar refractivity (Wildman–Crippen MR) is 129 cm³/mol. The molecule has 0 spiro atoms. The van der Waals surface area contributed by atoms with Crippen molar-refractivity contribution < 1.29 is 33.3 Å². The summed E-state index contributed by atoms with van der Waals surface area (Å²) in [4.78, 5) is 38.9. The number of ether oxygens (including phenoxy) is 4. The molecule has 1 amide bonds. The summed E-state index contributed by atoms with van der Waals surface area (Å²) in [5, 5.41) is 2.45. The Hall–Kier alpha value is -2.04. The Morgan fingerprint density at radius 3 is 2.09 bits per heavy atom. The number of benzene rings is 1. The standard InChI is InChI=1S/C23H34INO7/c1-7-10-13-31-18-12-11-17(24)14-16(18)15-23(19(26)29-8-2,20(27)30-9-3)25-21(28)32-22(4,5)6/h11-12,14H,7-10,13,15H2,1-6H3,(H,25,28). The summed E-state index contributed by atoms with van der Waals surface area (Å²) < 4.78 is 22.5. The van der Waals surface area contributed by atoms with Gasteiger partial charge in [-0.2, -0.15) is 0 Å². The third kappa shape index (κ3) is 8.48. The maximum absolute atomic E-state index is 13.1. The van der Waals surface area contributed by atoms with Crippen LogP contribution in [0.1, 0.15) is 59.9 Å². The third-order valence-electron chi connectivity index (χ3n) is 4.20. The topological polar surface area (TPSA) is 100 Å². The van der Waals surface area contributed by atoms with Crippen molar-refractivity contribution in [1.29, 1.82) is 0 Å². The van der Waals surface area contributed by atoms with Gasteiger partial charge in [0, 0.05) is 9.99 Å². The minimum absolute atomic E-state index is 0.0160. The average molecular weight is 563 g/mol. The maximum Gasteiger partial charge on any atom is 0.409 e. The Morgan fingerprint density at radius 2 is 1.59 bits per heavy atom. The molecule has 8 nitrogen and oxygen atoms in total. The van der Waals surface area contributed by atoms with Gasteiger partial charge in [-0.1, -0.05) is 13.3 Å². The molecule has 1 rings (SSSR count). The van der Waals surface area contributed by atoms with Gasteiger partial charge >= 0.3 is 18.0 Å². The van der Waals surface area contributed by atoms with Gasteiger partial charge in [0.15, 0.2) is 0 Å². The van der Waals surface area contributed by atoms with Crippen molar-refractivity contribution >= 4 is 40.6 Å². The van der Waals surface area contributed by atoms with E-state index in [-0.39, 0.29) is 19.6 Å². The second-order valence-electron chi connectivity index (χ2n) is 8.10. The smallest absolute Gasteiger partial charge is 0.409 e. The first-order valence-electron chi connectivity index (χ1n) is 10.8. The summed E-state index contributed by atoms with van der Waals surface area (Å²) >= 11 is 2.13. The van der Waals surface area contributed by atoms with Gasteiger partial charge in [0.25, 0.3) is 0 Å².